The van der Waals surface area contributed by atoms with E-state index in [2.05, 4.69) is 0 Å². The van der Waals surface area contributed by atoms with E-state index >= 15 is 0 Å². The summed E-state index contributed by atoms with van der Waals surface area (Å²) in [7, 11) is 0. The molecule has 8 heteroatoms. The van der Waals surface area contributed by atoms with Gasteiger partial charge in [0.25, 0.3) is 5.91 Å². The lowest BCUT2D eigenvalue weighted by Crippen LogP contribution is -2.39. The van der Waals surface area contributed by atoms with Crippen molar-refractivity contribution in [1.82, 2.24) is 4.90 Å². The van der Waals surface area contributed by atoms with Crippen LogP contribution < -0.4 is 9.47 Å². The van der Waals surface area contributed by atoms with Crippen molar-refractivity contribution in [3.63, 3.8) is 0 Å². The number of thioether (sulfide) groups is 1. The van der Waals surface area contributed by atoms with Crippen LogP contribution in [-0.4, -0.2) is 47.0 Å². The molecule has 1 aliphatic carbocycles. The van der Waals surface area contributed by atoms with Gasteiger partial charge in [-0.3, -0.25) is 9.69 Å². The summed E-state index contributed by atoms with van der Waals surface area (Å²) in [5.41, 5.74) is 0.811. The molecule has 0 N–H and O–H groups in total. The van der Waals surface area contributed by atoms with Crippen LogP contribution in [0.3, 0.4) is 0 Å². The molecule has 162 valence electrons. The number of hydrogen-bond acceptors (Lipinski definition) is 7. The van der Waals surface area contributed by atoms with Gasteiger partial charge in [0, 0.05) is 6.04 Å². The van der Waals surface area contributed by atoms with Gasteiger partial charge in [-0.15, -0.1) is 0 Å². The molecule has 1 saturated heterocycles. The molecule has 0 atom stereocenters. The van der Waals surface area contributed by atoms with Gasteiger partial charge in [0.2, 0.25) is 0 Å². The smallest absolute Gasteiger partial charge is 0.344 e. The molecule has 0 spiro atoms. The topological polar surface area (TPSA) is 65.1 Å². The second-order valence-corrected chi connectivity index (χ2v) is 8.75. The minimum Gasteiger partial charge on any atom is -0.490 e. The van der Waals surface area contributed by atoms with Crippen molar-refractivity contribution >= 4 is 46.3 Å². The van der Waals surface area contributed by atoms with Gasteiger partial charge in [-0.2, -0.15) is 0 Å². The highest BCUT2D eigenvalue weighted by Gasteiger charge is 2.37. The highest BCUT2D eigenvalue weighted by molar-refractivity contribution is 8.26. The van der Waals surface area contributed by atoms with E-state index < -0.39 is 5.97 Å². The summed E-state index contributed by atoms with van der Waals surface area (Å²) < 4.78 is 16.7. The van der Waals surface area contributed by atoms with Gasteiger partial charge < -0.3 is 14.2 Å². The Morgan fingerprint density at radius 3 is 2.63 bits per heavy atom. The Labute approximate surface area is 186 Å². The lowest BCUT2D eigenvalue weighted by atomic mass is 9.94. The van der Waals surface area contributed by atoms with Crippen LogP contribution >= 0.6 is 24.0 Å². The van der Waals surface area contributed by atoms with Gasteiger partial charge in [0.1, 0.15) is 4.32 Å². The third-order valence-corrected chi connectivity index (χ3v) is 6.31. The Bertz CT molecular complexity index is 833. The van der Waals surface area contributed by atoms with Gasteiger partial charge in [-0.25, -0.2) is 4.79 Å². The van der Waals surface area contributed by atoms with Crippen molar-refractivity contribution < 1.29 is 23.8 Å². The number of benzene rings is 1. The average Bonchev–Trinajstić information content (AvgIpc) is 3.01. The van der Waals surface area contributed by atoms with Crippen molar-refractivity contribution in [2.24, 2.45) is 0 Å². The fraction of sp³-hybridized carbons (Fsp3) is 0.500. The van der Waals surface area contributed by atoms with Crippen molar-refractivity contribution in [1.29, 1.82) is 0 Å². The number of carbonyl (C=O) groups excluding carboxylic acids is 2. The number of carbonyl (C=O) groups is 2. The second kappa shape index (κ2) is 10.8. The Morgan fingerprint density at radius 1 is 1.17 bits per heavy atom. The van der Waals surface area contributed by atoms with Gasteiger partial charge in [-0.05, 0) is 50.5 Å². The van der Waals surface area contributed by atoms with E-state index in [4.69, 9.17) is 26.4 Å². The number of esters is 1. The Morgan fingerprint density at radius 2 is 1.93 bits per heavy atom. The van der Waals surface area contributed by atoms with Crippen LogP contribution in [0.5, 0.6) is 11.5 Å². The SMILES string of the molecule is CCOC(=O)COc1ccc(/C=C2/SC(=S)N(C3CCCCC3)C2=O)cc1OCC. The van der Waals surface area contributed by atoms with E-state index in [9.17, 15) is 9.59 Å². The van der Waals surface area contributed by atoms with Crippen LogP contribution in [0, 0.1) is 0 Å². The number of nitrogens with zero attached hydrogens (tertiary/aromatic N) is 1. The summed E-state index contributed by atoms with van der Waals surface area (Å²) in [5.74, 6) is 0.517. The fourth-order valence-corrected chi connectivity index (χ4v) is 5.03. The maximum Gasteiger partial charge on any atom is 0.344 e. The van der Waals surface area contributed by atoms with E-state index in [0.717, 1.165) is 31.2 Å². The Kier molecular flexibility index (Phi) is 8.16. The van der Waals surface area contributed by atoms with Crippen molar-refractivity contribution in [2.75, 3.05) is 19.8 Å². The van der Waals surface area contributed by atoms with Gasteiger partial charge >= 0.3 is 5.97 Å². The van der Waals surface area contributed by atoms with E-state index in [-0.39, 0.29) is 18.6 Å². The third kappa shape index (κ3) is 5.55. The zero-order chi connectivity index (χ0) is 21.5. The van der Waals surface area contributed by atoms with E-state index in [1.807, 2.05) is 19.1 Å². The molecule has 2 fully saturated rings. The molecular weight excluding hydrogens is 422 g/mol. The summed E-state index contributed by atoms with van der Waals surface area (Å²) in [5, 5.41) is 0. The normalized spacial score (nSPS) is 18.7. The maximum absolute atomic E-state index is 13.0. The molecule has 6 nitrogen and oxygen atoms in total. The largest absolute Gasteiger partial charge is 0.490 e. The van der Waals surface area contributed by atoms with E-state index in [1.165, 1.54) is 18.2 Å². The first kappa shape index (κ1) is 22.6. The molecule has 2 aliphatic rings. The van der Waals surface area contributed by atoms with E-state index in [0.29, 0.717) is 33.9 Å². The number of amides is 1. The standard InChI is InChI=1S/C22H27NO5S2/c1-3-26-18-12-15(10-11-17(18)28-14-20(24)27-4-2)13-19-21(25)23(22(29)30-19)16-8-6-5-7-9-16/h10-13,16H,3-9,14H2,1-2H3/b19-13+. The summed E-state index contributed by atoms with van der Waals surface area (Å²) in [4.78, 5) is 26.9. The summed E-state index contributed by atoms with van der Waals surface area (Å²) in [6.07, 6.45) is 7.38. The molecule has 0 bridgehead atoms. The monoisotopic (exact) mass is 449 g/mol. The van der Waals surface area contributed by atoms with Crippen LogP contribution in [0.2, 0.25) is 0 Å². The highest BCUT2D eigenvalue weighted by Crippen LogP contribution is 2.38. The first-order valence-electron chi connectivity index (χ1n) is 10.4. The van der Waals surface area contributed by atoms with Crippen LogP contribution in [0.4, 0.5) is 0 Å². The quantitative estimate of drug-likeness (QED) is 0.327. The molecule has 30 heavy (non-hydrogen) atoms. The second-order valence-electron chi connectivity index (χ2n) is 7.08. The number of rotatable bonds is 8. The molecule has 1 aliphatic heterocycles. The predicted octanol–water partition coefficient (Wildman–Crippen LogP) is 4.56. The summed E-state index contributed by atoms with van der Waals surface area (Å²) >= 11 is 6.85. The van der Waals surface area contributed by atoms with Gasteiger partial charge in [0.05, 0.1) is 18.1 Å². The Balaban J connectivity index is 1.75. The van der Waals surface area contributed by atoms with Crippen molar-refractivity contribution in [3.8, 4) is 11.5 Å². The molecule has 0 unspecified atom stereocenters. The third-order valence-electron chi connectivity index (χ3n) is 4.98. The first-order chi connectivity index (χ1) is 14.5. The van der Waals surface area contributed by atoms with Crippen LogP contribution in [0.25, 0.3) is 6.08 Å². The number of hydrogen-bond donors (Lipinski definition) is 0. The van der Waals surface area contributed by atoms with Gasteiger partial charge in [0.15, 0.2) is 18.1 Å². The molecule has 3 rings (SSSR count). The zero-order valence-electron chi connectivity index (χ0n) is 17.3. The minimum absolute atomic E-state index is 0.0162. The minimum atomic E-state index is -0.435. The molecule has 1 aromatic rings. The molecular formula is C22H27NO5S2. The molecule has 1 amide bonds. The zero-order valence-corrected chi connectivity index (χ0v) is 19.0. The lowest BCUT2D eigenvalue weighted by molar-refractivity contribution is -0.145. The fourth-order valence-electron chi connectivity index (χ4n) is 3.63. The molecule has 1 aromatic carbocycles. The van der Waals surface area contributed by atoms with Crippen LogP contribution in [-0.2, 0) is 14.3 Å². The van der Waals surface area contributed by atoms with Crippen molar-refractivity contribution in [2.45, 2.75) is 52.0 Å². The molecule has 0 aromatic heterocycles. The van der Waals surface area contributed by atoms with Crippen LogP contribution in [0.15, 0.2) is 23.1 Å². The number of thiocarbonyl (C=S) groups is 1. The highest BCUT2D eigenvalue weighted by atomic mass is 32.2. The summed E-state index contributed by atoms with van der Waals surface area (Å²) in [6, 6.07) is 5.58. The van der Waals surface area contributed by atoms with Crippen LogP contribution in [0.1, 0.15) is 51.5 Å². The van der Waals surface area contributed by atoms with E-state index in [1.54, 1.807) is 24.0 Å². The lowest BCUT2D eigenvalue weighted by Gasteiger charge is -2.29. The predicted molar refractivity (Wildman–Crippen MR) is 122 cm³/mol. The average molecular weight is 450 g/mol. The Hall–Kier alpha value is -2.06. The molecule has 1 heterocycles. The maximum atomic E-state index is 13.0. The molecule has 0 radical (unpaired) electrons. The first-order valence-corrected chi connectivity index (χ1v) is 11.6. The summed E-state index contributed by atoms with van der Waals surface area (Å²) in [6.45, 7) is 4.18. The number of ether oxygens (including phenoxy) is 3. The van der Waals surface area contributed by atoms with Gasteiger partial charge in [-0.1, -0.05) is 49.3 Å². The molecule has 1 saturated carbocycles. The van der Waals surface area contributed by atoms with Crippen molar-refractivity contribution in [3.05, 3.63) is 28.7 Å².